The van der Waals surface area contributed by atoms with Crippen LogP contribution in [0.15, 0.2) is 18.2 Å². The van der Waals surface area contributed by atoms with Gasteiger partial charge in [0.05, 0.1) is 6.61 Å². The molecule has 0 atom stereocenters. The van der Waals surface area contributed by atoms with Crippen LogP contribution in [-0.2, 0) is 17.6 Å². The first-order valence-electron chi connectivity index (χ1n) is 10.9. The fourth-order valence-corrected chi connectivity index (χ4v) is 4.63. The van der Waals surface area contributed by atoms with Gasteiger partial charge in [-0.3, -0.25) is 4.79 Å². The van der Waals surface area contributed by atoms with Gasteiger partial charge in [0.15, 0.2) is 0 Å². The van der Waals surface area contributed by atoms with Gasteiger partial charge < -0.3 is 14.7 Å². The number of carbonyl (C=O) groups is 1. The second kappa shape index (κ2) is 10.7. The Morgan fingerprint density at radius 3 is 2.74 bits per heavy atom. The zero-order chi connectivity index (χ0) is 18.9. The van der Waals surface area contributed by atoms with E-state index in [2.05, 4.69) is 23.1 Å². The minimum atomic E-state index is -0.697. The Morgan fingerprint density at radius 2 is 1.93 bits per heavy atom. The highest BCUT2D eigenvalue weighted by Crippen LogP contribution is 2.29. The predicted molar refractivity (Wildman–Crippen MR) is 108 cm³/mol. The largest absolute Gasteiger partial charge is 0.493 e. The Bertz CT molecular complexity index is 595. The molecule has 27 heavy (non-hydrogen) atoms. The van der Waals surface area contributed by atoms with Gasteiger partial charge in [-0.05, 0) is 61.8 Å². The molecule has 1 aliphatic carbocycles. The molecule has 0 spiro atoms. The zero-order valence-electron chi connectivity index (χ0n) is 16.6. The van der Waals surface area contributed by atoms with Gasteiger partial charge >= 0.3 is 5.97 Å². The van der Waals surface area contributed by atoms with Crippen molar-refractivity contribution in [3.63, 3.8) is 0 Å². The number of nitrogens with zero attached hydrogens (tertiary/aromatic N) is 1. The van der Waals surface area contributed by atoms with Crippen LogP contribution in [0.3, 0.4) is 0 Å². The number of ether oxygens (including phenoxy) is 1. The molecule has 1 aromatic carbocycles. The van der Waals surface area contributed by atoms with Gasteiger partial charge in [-0.15, -0.1) is 0 Å². The van der Waals surface area contributed by atoms with Crippen molar-refractivity contribution in [2.75, 3.05) is 26.2 Å². The number of hydrogen-bond donors (Lipinski definition) is 1. The topological polar surface area (TPSA) is 49.8 Å². The Balaban J connectivity index is 1.46. The van der Waals surface area contributed by atoms with E-state index in [0.717, 1.165) is 63.6 Å². The number of carboxylic acids is 1. The monoisotopic (exact) mass is 373 g/mol. The fourth-order valence-electron chi connectivity index (χ4n) is 4.63. The lowest BCUT2D eigenvalue weighted by molar-refractivity contribution is -0.137. The van der Waals surface area contributed by atoms with Crippen molar-refractivity contribution in [1.82, 2.24) is 4.90 Å². The first-order valence-corrected chi connectivity index (χ1v) is 10.9. The molecule has 0 aromatic heterocycles. The van der Waals surface area contributed by atoms with E-state index in [1.54, 1.807) is 0 Å². The third-order valence-electron chi connectivity index (χ3n) is 6.21. The summed E-state index contributed by atoms with van der Waals surface area (Å²) in [4.78, 5) is 13.1. The normalized spacial score (nSPS) is 18.7. The summed E-state index contributed by atoms with van der Waals surface area (Å²) in [6.07, 6.45) is 12.6. The SMILES string of the molecule is O=C(O)CCCN1CCc2cccc(OCCCC3CCCCC3)c2CC1. The van der Waals surface area contributed by atoms with Crippen LogP contribution in [0, 0.1) is 5.92 Å². The van der Waals surface area contributed by atoms with Gasteiger partial charge in [0.2, 0.25) is 0 Å². The van der Waals surface area contributed by atoms with E-state index in [1.165, 1.54) is 49.7 Å². The summed E-state index contributed by atoms with van der Waals surface area (Å²) in [5.74, 6) is 1.30. The van der Waals surface area contributed by atoms with E-state index in [4.69, 9.17) is 9.84 Å². The maximum Gasteiger partial charge on any atom is 0.303 e. The summed E-state index contributed by atoms with van der Waals surface area (Å²) in [6.45, 7) is 3.71. The molecule has 150 valence electrons. The van der Waals surface area contributed by atoms with Crippen molar-refractivity contribution < 1.29 is 14.6 Å². The minimum Gasteiger partial charge on any atom is -0.493 e. The molecule has 0 saturated heterocycles. The first-order chi connectivity index (χ1) is 13.2. The van der Waals surface area contributed by atoms with Crippen LogP contribution in [0.1, 0.15) is 68.9 Å². The van der Waals surface area contributed by atoms with E-state index < -0.39 is 5.97 Å². The Labute approximate surface area is 163 Å². The van der Waals surface area contributed by atoms with Crippen molar-refractivity contribution in [3.05, 3.63) is 29.3 Å². The number of fused-ring (bicyclic) bond motifs is 1. The molecule has 0 amide bonds. The van der Waals surface area contributed by atoms with Gasteiger partial charge in [-0.25, -0.2) is 0 Å². The van der Waals surface area contributed by atoms with Crippen LogP contribution in [0.4, 0.5) is 0 Å². The molecule has 1 heterocycles. The lowest BCUT2D eigenvalue weighted by atomic mass is 9.86. The molecule has 3 rings (SSSR count). The molecule has 0 unspecified atom stereocenters. The van der Waals surface area contributed by atoms with Crippen LogP contribution < -0.4 is 4.74 Å². The quantitative estimate of drug-likeness (QED) is 0.638. The third-order valence-corrected chi connectivity index (χ3v) is 6.21. The standard InChI is InChI=1S/C23H35NO3/c25-23(26)12-5-15-24-16-13-20-10-4-11-22(21(20)14-17-24)27-18-6-9-19-7-2-1-3-8-19/h4,10-11,19H,1-3,5-9,12-18H2,(H,25,26). The van der Waals surface area contributed by atoms with Gasteiger partial charge in [0.1, 0.15) is 5.75 Å². The molecular weight excluding hydrogens is 338 g/mol. The van der Waals surface area contributed by atoms with E-state index >= 15 is 0 Å². The van der Waals surface area contributed by atoms with Gasteiger partial charge in [-0.2, -0.15) is 0 Å². The molecule has 1 aliphatic heterocycles. The second-order valence-electron chi connectivity index (χ2n) is 8.23. The Morgan fingerprint density at radius 1 is 1.11 bits per heavy atom. The molecule has 4 nitrogen and oxygen atoms in total. The van der Waals surface area contributed by atoms with E-state index in [-0.39, 0.29) is 6.42 Å². The summed E-state index contributed by atoms with van der Waals surface area (Å²) in [7, 11) is 0. The molecule has 0 radical (unpaired) electrons. The molecule has 0 bridgehead atoms. The number of carboxylic acid groups (broad SMARTS) is 1. The molecule has 1 N–H and O–H groups in total. The zero-order valence-corrected chi connectivity index (χ0v) is 16.6. The second-order valence-corrected chi connectivity index (χ2v) is 8.23. The summed E-state index contributed by atoms with van der Waals surface area (Å²) >= 11 is 0. The van der Waals surface area contributed by atoms with Crippen LogP contribution in [0.2, 0.25) is 0 Å². The van der Waals surface area contributed by atoms with Crippen molar-refractivity contribution in [2.45, 2.75) is 70.6 Å². The number of benzene rings is 1. The average Bonchev–Trinajstić information content (AvgIpc) is 2.89. The molecule has 1 aromatic rings. The number of aliphatic carboxylic acids is 1. The van der Waals surface area contributed by atoms with Crippen molar-refractivity contribution in [2.24, 2.45) is 5.92 Å². The van der Waals surface area contributed by atoms with E-state index in [1.807, 2.05) is 0 Å². The van der Waals surface area contributed by atoms with Crippen molar-refractivity contribution in [3.8, 4) is 5.75 Å². The predicted octanol–water partition coefficient (Wildman–Crippen LogP) is 4.69. The van der Waals surface area contributed by atoms with Crippen LogP contribution >= 0.6 is 0 Å². The first kappa shape index (κ1) is 20.2. The summed E-state index contributed by atoms with van der Waals surface area (Å²) < 4.78 is 6.20. The highest BCUT2D eigenvalue weighted by molar-refractivity contribution is 5.66. The molecule has 4 heteroatoms. The van der Waals surface area contributed by atoms with E-state index in [9.17, 15) is 4.79 Å². The van der Waals surface area contributed by atoms with Gasteiger partial charge in [0, 0.05) is 19.5 Å². The van der Waals surface area contributed by atoms with Crippen molar-refractivity contribution in [1.29, 1.82) is 0 Å². The maximum atomic E-state index is 10.7. The lowest BCUT2D eigenvalue weighted by Gasteiger charge is -2.21. The highest BCUT2D eigenvalue weighted by Gasteiger charge is 2.18. The van der Waals surface area contributed by atoms with Crippen LogP contribution in [0.5, 0.6) is 5.75 Å². The highest BCUT2D eigenvalue weighted by atomic mass is 16.5. The maximum absolute atomic E-state index is 10.7. The molecule has 2 aliphatic rings. The molecular formula is C23H35NO3. The minimum absolute atomic E-state index is 0.263. The summed E-state index contributed by atoms with van der Waals surface area (Å²) in [5.41, 5.74) is 2.77. The number of rotatable bonds is 9. The summed E-state index contributed by atoms with van der Waals surface area (Å²) in [6, 6.07) is 6.47. The van der Waals surface area contributed by atoms with E-state index in [0.29, 0.717) is 0 Å². The smallest absolute Gasteiger partial charge is 0.303 e. The third kappa shape index (κ3) is 6.53. The van der Waals surface area contributed by atoms with Crippen molar-refractivity contribution >= 4 is 5.97 Å². The van der Waals surface area contributed by atoms with Gasteiger partial charge in [0.25, 0.3) is 0 Å². The van der Waals surface area contributed by atoms with Crippen LogP contribution in [-0.4, -0.2) is 42.2 Å². The average molecular weight is 374 g/mol. The lowest BCUT2D eigenvalue weighted by Crippen LogP contribution is -2.27. The Kier molecular flexibility index (Phi) is 8.00. The molecule has 1 fully saturated rings. The summed E-state index contributed by atoms with van der Waals surface area (Å²) in [5, 5.41) is 8.83. The Hall–Kier alpha value is -1.55. The molecule has 1 saturated carbocycles. The van der Waals surface area contributed by atoms with Gasteiger partial charge in [-0.1, -0.05) is 44.2 Å². The van der Waals surface area contributed by atoms with Crippen LogP contribution in [0.25, 0.3) is 0 Å². The fraction of sp³-hybridized carbons (Fsp3) is 0.696. The number of hydrogen-bond acceptors (Lipinski definition) is 3.